The first kappa shape index (κ1) is 10.3. The topological polar surface area (TPSA) is 17.1 Å². The fraction of sp³-hybridized carbons (Fsp3) is 0.364. The molecular formula is C11H14OS. The molecule has 0 aromatic rings. The van der Waals surface area contributed by atoms with Crippen molar-refractivity contribution in [1.82, 2.24) is 0 Å². The predicted octanol–water partition coefficient (Wildman–Crippen LogP) is 3.10. The Kier molecular flexibility index (Phi) is 2.81. The van der Waals surface area contributed by atoms with Gasteiger partial charge in [0.25, 0.3) is 0 Å². The maximum atomic E-state index is 11.3. The predicted molar refractivity (Wildman–Crippen MR) is 58.7 cm³/mol. The van der Waals surface area contributed by atoms with Gasteiger partial charge in [0.05, 0.1) is 4.75 Å². The highest BCUT2D eigenvalue weighted by molar-refractivity contribution is 8.16. The van der Waals surface area contributed by atoms with Gasteiger partial charge in [-0.1, -0.05) is 42.1 Å². The molecular weight excluding hydrogens is 180 g/mol. The van der Waals surface area contributed by atoms with Gasteiger partial charge in [-0.2, -0.15) is 0 Å². The van der Waals surface area contributed by atoms with E-state index in [1.165, 1.54) is 11.8 Å². The number of thioether (sulfide) groups is 1. The molecule has 0 bridgehead atoms. The summed E-state index contributed by atoms with van der Waals surface area (Å²) in [5.41, 5.74) is 1.95. The Morgan fingerprint density at radius 3 is 2.69 bits per heavy atom. The molecule has 0 radical (unpaired) electrons. The van der Waals surface area contributed by atoms with E-state index in [2.05, 4.69) is 12.7 Å². The Morgan fingerprint density at radius 2 is 2.31 bits per heavy atom. The first-order chi connectivity index (χ1) is 5.97. The normalized spacial score (nSPS) is 29.0. The van der Waals surface area contributed by atoms with Gasteiger partial charge in [0.1, 0.15) is 0 Å². The summed E-state index contributed by atoms with van der Waals surface area (Å²) in [4.78, 5) is 11.3. The summed E-state index contributed by atoms with van der Waals surface area (Å²) in [5, 5.41) is 0.176. The number of carbonyl (C=O) groups excluding carboxylic acids is 1. The van der Waals surface area contributed by atoms with Gasteiger partial charge in [-0.25, -0.2) is 0 Å². The summed E-state index contributed by atoms with van der Waals surface area (Å²) < 4.78 is -0.167. The Bertz CT molecular complexity index is 312. The van der Waals surface area contributed by atoms with E-state index in [1.54, 1.807) is 6.08 Å². The number of carbonyl (C=O) groups is 1. The van der Waals surface area contributed by atoms with Crippen LogP contribution in [-0.4, -0.2) is 9.86 Å². The third kappa shape index (κ3) is 2.34. The van der Waals surface area contributed by atoms with Crippen molar-refractivity contribution in [1.29, 1.82) is 0 Å². The molecule has 13 heavy (non-hydrogen) atoms. The minimum Gasteiger partial charge on any atom is -0.282 e. The van der Waals surface area contributed by atoms with Crippen LogP contribution < -0.4 is 0 Å². The molecule has 2 heteroatoms. The smallest absolute Gasteiger partial charge is 0.215 e. The highest BCUT2D eigenvalue weighted by atomic mass is 32.2. The molecule has 1 heterocycles. The molecule has 1 aliphatic rings. The summed E-state index contributed by atoms with van der Waals surface area (Å²) in [5.74, 6) is 0. The first-order valence-electron chi connectivity index (χ1n) is 4.21. The van der Waals surface area contributed by atoms with Gasteiger partial charge in [0.15, 0.2) is 0 Å². The molecule has 0 saturated carbocycles. The monoisotopic (exact) mass is 194 g/mol. The van der Waals surface area contributed by atoms with Crippen molar-refractivity contribution in [3.63, 3.8) is 0 Å². The summed E-state index contributed by atoms with van der Waals surface area (Å²) in [7, 11) is 0. The molecule has 0 saturated heterocycles. The quantitative estimate of drug-likeness (QED) is 0.628. The second-order valence-corrected chi connectivity index (χ2v) is 4.95. The lowest BCUT2D eigenvalue weighted by atomic mass is 10.1. The van der Waals surface area contributed by atoms with Crippen molar-refractivity contribution in [2.24, 2.45) is 0 Å². The van der Waals surface area contributed by atoms with Gasteiger partial charge in [0.2, 0.25) is 5.12 Å². The minimum atomic E-state index is -0.167. The SMILES string of the molecule is C=C/C(C)=C/C1(C)C=C(C)C(=O)S1. The molecule has 70 valence electrons. The van der Waals surface area contributed by atoms with Gasteiger partial charge in [-0.15, -0.1) is 0 Å². The van der Waals surface area contributed by atoms with Gasteiger partial charge in [-0.3, -0.25) is 4.79 Å². The number of hydrogen-bond donors (Lipinski definition) is 0. The lowest BCUT2D eigenvalue weighted by Crippen LogP contribution is -2.10. The largest absolute Gasteiger partial charge is 0.282 e. The van der Waals surface area contributed by atoms with Crippen molar-refractivity contribution in [2.45, 2.75) is 25.5 Å². The van der Waals surface area contributed by atoms with E-state index in [9.17, 15) is 4.79 Å². The van der Waals surface area contributed by atoms with Gasteiger partial charge >= 0.3 is 0 Å². The molecule has 0 aromatic carbocycles. The van der Waals surface area contributed by atoms with E-state index in [0.717, 1.165) is 11.1 Å². The van der Waals surface area contributed by atoms with E-state index in [-0.39, 0.29) is 9.86 Å². The molecule has 0 amide bonds. The minimum absolute atomic E-state index is 0.167. The zero-order valence-electron chi connectivity index (χ0n) is 8.26. The van der Waals surface area contributed by atoms with E-state index < -0.39 is 0 Å². The Morgan fingerprint density at radius 1 is 1.69 bits per heavy atom. The summed E-state index contributed by atoms with van der Waals surface area (Å²) in [6, 6.07) is 0. The number of hydrogen-bond acceptors (Lipinski definition) is 2. The second kappa shape index (κ2) is 3.54. The fourth-order valence-corrected chi connectivity index (χ4v) is 2.48. The molecule has 0 spiro atoms. The standard InChI is InChI=1S/C11H14OS/c1-5-8(2)6-11(4)7-9(3)10(12)13-11/h5-7H,1H2,2-4H3/b8-6+. The lowest BCUT2D eigenvalue weighted by molar-refractivity contribution is -0.107. The van der Waals surface area contributed by atoms with Crippen LogP contribution in [-0.2, 0) is 4.79 Å². The molecule has 0 N–H and O–H groups in total. The maximum absolute atomic E-state index is 11.3. The number of allylic oxidation sites excluding steroid dienone is 2. The van der Waals surface area contributed by atoms with Crippen LogP contribution in [0, 0.1) is 0 Å². The maximum Gasteiger partial charge on any atom is 0.215 e. The van der Waals surface area contributed by atoms with E-state index in [1.807, 2.05) is 26.8 Å². The molecule has 0 fully saturated rings. The molecule has 1 rings (SSSR count). The van der Waals surface area contributed by atoms with Crippen LogP contribution in [0.5, 0.6) is 0 Å². The molecule has 1 nitrogen and oxygen atoms in total. The van der Waals surface area contributed by atoms with Crippen molar-refractivity contribution in [3.05, 3.63) is 36.0 Å². The van der Waals surface area contributed by atoms with Crippen LogP contribution in [0.3, 0.4) is 0 Å². The van der Waals surface area contributed by atoms with Crippen LogP contribution in [0.25, 0.3) is 0 Å². The number of rotatable bonds is 2. The lowest BCUT2D eigenvalue weighted by Gasteiger charge is -2.14. The highest BCUT2D eigenvalue weighted by Gasteiger charge is 2.31. The first-order valence-corrected chi connectivity index (χ1v) is 5.03. The summed E-state index contributed by atoms with van der Waals surface area (Å²) in [6.07, 6.45) is 5.88. The molecule has 1 atom stereocenters. The molecule has 1 aliphatic heterocycles. The van der Waals surface area contributed by atoms with Crippen LogP contribution in [0.4, 0.5) is 0 Å². The van der Waals surface area contributed by atoms with E-state index in [4.69, 9.17) is 0 Å². The van der Waals surface area contributed by atoms with Crippen LogP contribution in [0.1, 0.15) is 20.8 Å². The third-order valence-corrected chi connectivity index (χ3v) is 3.16. The average Bonchev–Trinajstić information content (AvgIpc) is 2.25. The van der Waals surface area contributed by atoms with Gasteiger partial charge in [-0.05, 0) is 20.8 Å². The Balaban J connectivity index is 2.94. The van der Waals surface area contributed by atoms with Crippen LogP contribution >= 0.6 is 11.8 Å². The molecule has 0 aromatic heterocycles. The van der Waals surface area contributed by atoms with Crippen LogP contribution in [0.2, 0.25) is 0 Å². The van der Waals surface area contributed by atoms with Gasteiger partial charge in [0, 0.05) is 5.57 Å². The average molecular weight is 194 g/mol. The van der Waals surface area contributed by atoms with Crippen molar-refractivity contribution < 1.29 is 4.79 Å². The van der Waals surface area contributed by atoms with E-state index >= 15 is 0 Å². The van der Waals surface area contributed by atoms with Gasteiger partial charge < -0.3 is 0 Å². The van der Waals surface area contributed by atoms with E-state index in [0.29, 0.717) is 0 Å². The third-order valence-electron chi connectivity index (χ3n) is 1.97. The van der Waals surface area contributed by atoms with Crippen molar-refractivity contribution in [3.8, 4) is 0 Å². The Hall–Kier alpha value is -0.760. The summed E-state index contributed by atoms with van der Waals surface area (Å²) >= 11 is 1.36. The van der Waals surface area contributed by atoms with Crippen molar-refractivity contribution >= 4 is 16.9 Å². The molecule has 1 unspecified atom stereocenters. The fourth-order valence-electron chi connectivity index (χ4n) is 1.38. The second-order valence-electron chi connectivity index (χ2n) is 3.49. The van der Waals surface area contributed by atoms with Crippen LogP contribution in [0.15, 0.2) is 36.0 Å². The molecule has 0 aliphatic carbocycles. The zero-order chi connectivity index (χ0) is 10.1. The van der Waals surface area contributed by atoms with Crippen molar-refractivity contribution in [2.75, 3.05) is 0 Å². The highest BCUT2D eigenvalue weighted by Crippen LogP contribution is 2.38. The zero-order valence-corrected chi connectivity index (χ0v) is 9.07. The Labute approximate surface area is 83.6 Å². The summed E-state index contributed by atoms with van der Waals surface area (Å²) in [6.45, 7) is 9.58.